The van der Waals surface area contributed by atoms with E-state index in [9.17, 15) is 0 Å². The maximum atomic E-state index is 7.56. The quantitative estimate of drug-likeness (QED) is 0.329. The van der Waals surface area contributed by atoms with Gasteiger partial charge in [0.1, 0.15) is 0 Å². The van der Waals surface area contributed by atoms with E-state index >= 15 is 0 Å². The van der Waals surface area contributed by atoms with Gasteiger partial charge < -0.3 is 29.4 Å². The van der Waals surface area contributed by atoms with E-state index in [0.717, 1.165) is 0 Å². The summed E-state index contributed by atoms with van der Waals surface area (Å²) in [7, 11) is 0. The molecule has 0 heterocycles. The fourth-order valence-corrected chi connectivity index (χ4v) is 0.500. The molecule has 0 aromatic rings. The minimum atomic E-state index is -3.81. The number of hydrogen-bond donors (Lipinski definition) is 6. The summed E-state index contributed by atoms with van der Waals surface area (Å²) in [5, 5.41) is 0. The molecule has 0 bridgehead atoms. The van der Waals surface area contributed by atoms with Gasteiger partial charge in [0.25, 0.3) is 0 Å². The van der Waals surface area contributed by atoms with E-state index in [1.165, 1.54) is 25.7 Å². The van der Waals surface area contributed by atoms with E-state index in [-0.39, 0.29) is 0 Å². The third-order valence-electron chi connectivity index (χ3n) is 0.957. The first-order valence-corrected chi connectivity index (χ1v) is 11.8. The van der Waals surface area contributed by atoms with Crippen molar-refractivity contribution in [1.29, 1.82) is 0 Å². The highest BCUT2D eigenvalue weighted by Crippen LogP contribution is 2.26. The smallest absolute Gasteiger partial charge is 0.319 e. The lowest BCUT2D eigenvalue weighted by Crippen LogP contribution is -1.66. The van der Waals surface area contributed by atoms with Crippen molar-refractivity contribution in [1.82, 2.24) is 0 Å². The highest BCUT2D eigenvalue weighted by Gasteiger charge is 1.92. The molecule has 6 nitrogen and oxygen atoms in total. The van der Waals surface area contributed by atoms with Crippen LogP contribution in [-0.2, 0) is 23.6 Å². The van der Waals surface area contributed by atoms with Crippen molar-refractivity contribution in [3.63, 3.8) is 0 Å². The van der Waals surface area contributed by atoms with Gasteiger partial charge in [-0.25, -0.2) is 0 Å². The molecule has 0 saturated heterocycles. The molecule has 0 aromatic carbocycles. The van der Waals surface area contributed by atoms with Gasteiger partial charge in [0.2, 0.25) is 0 Å². The highest BCUT2D eigenvalue weighted by atomic mass is 32.5. The first-order valence-electron chi connectivity index (χ1n) is 6.48. The van der Waals surface area contributed by atoms with Crippen molar-refractivity contribution < 1.29 is 29.4 Å². The Morgan fingerprint density at radius 2 is 0.700 bits per heavy atom. The molecule has 0 aromatic heterocycles. The lowest BCUT2D eigenvalue weighted by Gasteiger charge is -1.88. The van der Waals surface area contributed by atoms with E-state index in [4.69, 9.17) is 29.4 Å². The molecule has 0 aliphatic carbocycles. The molecule has 0 atom stereocenters. The van der Waals surface area contributed by atoms with Gasteiger partial charge in [0.05, 0.1) is 0 Å². The third kappa shape index (κ3) is 377. The van der Waals surface area contributed by atoms with Gasteiger partial charge in [-0.3, -0.25) is 0 Å². The number of hydrogen-bond acceptors (Lipinski definition) is 2. The second kappa shape index (κ2) is 25.0. The zero-order valence-electron chi connectivity index (χ0n) is 13.2. The Morgan fingerprint density at radius 3 is 0.750 bits per heavy atom. The van der Waals surface area contributed by atoms with Crippen LogP contribution in [0.5, 0.6) is 0 Å². The topological polar surface area (TPSA) is 121 Å². The summed E-state index contributed by atoms with van der Waals surface area (Å²) in [5.74, 6) is 0. The maximum absolute atomic E-state index is 7.56. The Morgan fingerprint density at radius 1 is 0.600 bits per heavy atom. The van der Waals surface area contributed by atoms with E-state index in [1.807, 2.05) is 27.7 Å². The molecule has 0 saturated carbocycles. The SMILES string of the molecule is CC.CC.CCCCCC.OP(O)(O)=S.OP(O)(O)=S. The van der Waals surface area contributed by atoms with Crippen LogP contribution in [0.1, 0.15) is 67.2 Å². The first kappa shape index (κ1) is 32.9. The summed E-state index contributed by atoms with van der Waals surface area (Å²) in [6.45, 7) is 4.85. The highest BCUT2D eigenvalue weighted by molar-refractivity contribution is 8.06. The van der Waals surface area contributed by atoms with Crippen LogP contribution < -0.4 is 0 Å². The van der Waals surface area contributed by atoms with Crippen LogP contribution in [0.2, 0.25) is 0 Å². The molecule has 6 N–H and O–H groups in total. The van der Waals surface area contributed by atoms with Gasteiger partial charge in [-0.2, -0.15) is 0 Å². The minimum Gasteiger partial charge on any atom is -0.325 e. The Bertz CT molecular complexity index is 189. The summed E-state index contributed by atoms with van der Waals surface area (Å²) < 4.78 is 0. The van der Waals surface area contributed by atoms with Crippen molar-refractivity contribution in [2.24, 2.45) is 0 Å². The zero-order valence-corrected chi connectivity index (χ0v) is 16.6. The normalized spacial score (nSPS) is 9.20. The molecular weight excluding hydrogens is 342 g/mol. The number of rotatable bonds is 3. The monoisotopic (exact) mass is 374 g/mol. The molecular formula is C10H32O6P2S2. The van der Waals surface area contributed by atoms with Crippen molar-refractivity contribution in [2.45, 2.75) is 67.2 Å². The van der Waals surface area contributed by atoms with Crippen LogP contribution in [-0.4, -0.2) is 29.4 Å². The Labute approximate surface area is 134 Å². The van der Waals surface area contributed by atoms with E-state index in [0.29, 0.717) is 0 Å². The molecule has 0 aliphatic rings. The molecule has 0 fully saturated rings. The molecule has 20 heavy (non-hydrogen) atoms. The fourth-order valence-electron chi connectivity index (χ4n) is 0.500. The average molecular weight is 374 g/mol. The van der Waals surface area contributed by atoms with E-state index in [2.05, 4.69) is 37.5 Å². The maximum Gasteiger partial charge on any atom is 0.319 e. The second-order valence-electron chi connectivity index (χ2n) is 2.73. The first-order chi connectivity index (χ1) is 8.91. The molecule has 0 amide bonds. The number of unbranched alkanes of at least 4 members (excludes halogenated alkanes) is 3. The van der Waals surface area contributed by atoms with Gasteiger partial charge in [-0.1, -0.05) is 67.2 Å². The molecule has 0 rings (SSSR count). The average Bonchev–Trinajstić information content (AvgIpc) is 2.27. The van der Waals surface area contributed by atoms with Gasteiger partial charge in [-0.15, -0.1) is 0 Å². The minimum absolute atomic E-state index is 1.36. The molecule has 0 unspecified atom stereocenters. The zero-order chi connectivity index (χ0) is 17.8. The van der Waals surface area contributed by atoms with Crippen molar-refractivity contribution >= 4 is 37.1 Å². The predicted octanol–water partition coefficient (Wildman–Crippen LogP) is 3.01. The van der Waals surface area contributed by atoms with Crippen molar-refractivity contribution in [3.8, 4) is 0 Å². The van der Waals surface area contributed by atoms with E-state index < -0.39 is 13.4 Å². The van der Waals surface area contributed by atoms with Crippen LogP contribution in [0.15, 0.2) is 0 Å². The standard InChI is InChI=1S/C6H14.2C2H6.2H3O3PS/c1-3-5-6-4-2;2*1-2;2*1-4(2,3)5/h3-6H2,1-2H3;2*1-2H3;2*(H3,1,2,3,5). The van der Waals surface area contributed by atoms with Crippen LogP contribution >= 0.6 is 13.4 Å². The summed E-state index contributed by atoms with van der Waals surface area (Å²) >= 11 is 7.21. The van der Waals surface area contributed by atoms with Crippen molar-refractivity contribution in [3.05, 3.63) is 0 Å². The van der Waals surface area contributed by atoms with Crippen LogP contribution in [0.4, 0.5) is 0 Å². The van der Waals surface area contributed by atoms with Gasteiger partial charge in [0, 0.05) is 0 Å². The molecule has 0 spiro atoms. The summed E-state index contributed by atoms with van der Waals surface area (Å²) in [6, 6.07) is 0. The van der Waals surface area contributed by atoms with Crippen LogP contribution in [0.3, 0.4) is 0 Å². The molecule has 130 valence electrons. The lowest BCUT2D eigenvalue weighted by molar-refractivity contribution is 0.361. The van der Waals surface area contributed by atoms with Gasteiger partial charge >= 0.3 is 13.4 Å². The molecule has 0 aliphatic heterocycles. The summed E-state index contributed by atoms with van der Waals surface area (Å²) in [6.07, 6.45) is 5.54. The van der Waals surface area contributed by atoms with Gasteiger partial charge in [0.15, 0.2) is 0 Å². The predicted molar refractivity (Wildman–Crippen MR) is 94.4 cm³/mol. The summed E-state index contributed by atoms with van der Waals surface area (Å²) in [5.41, 5.74) is 0. The Hall–Kier alpha value is 1.06. The Balaban J connectivity index is -0.0000000501. The van der Waals surface area contributed by atoms with E-state index in [1.54, 1.807) is 0 Å². The summed E-state index contributed by atoms with van der Waals surface area (Å²) in [4.78, 5) is 45.3. The van der Waals surface area contributed by atoms with Crippen LogP contribution in [0.25, 0.3) is 0 Å². The lowest BCUT2D eigenvalue weighted by atomic mass is 10.2. The largest absolute Gasteiger partial charge is 0.325 e. The molecule has 0 radical (unpaired) electrons. The third-order valence-corrected chi connectivity index (χ3v) is 0.957. The molecule has 10 heteroatoms. The Kier molecular flexibility index (Phi) is 41.1. The second-order valence-corrected chi connectivity index (χ2v) is 7.73. The van der Waals surface area contributed by atoms with Crippen LogP contribution in [0, 0.1) is 0 Å². The van der Waals surface area contributed by atoms with Crippen molar-refractivity contribution in [2.75, 3.05) is 0 Å². The fraction of sp³-hybridized carbons (Fsp3) is 1.00. The van der Waals surface area contributed by atoms with Gasteiger partial charge in [-0.05, 0) is 23.6 Å².